The van der Waals surface area contributed by atoms with Crippen molar-refractivity contribution in [2.45, 2.75) is 40.9 Å². The quantitative estimate of drug-likeness (QED) is 0.585. The van der Waals surface area contributed by atoms with Gasteiger partial charge in [-0.25, -0.2) is 0 Å². The maximum absolute atomic E-state index is 5.98. The van der Waals surface area contributed by atoms with Gasteiger partial charge in [0.25, 0.3) is 0 Å². The topological polar surface area (TPSA) is 9.23 Å². The lowest BCUT2D eigenvalue weighted by Gasteiger charge is -2.14. The summed E-state index contributed by atoms with van der Waals surface area (Å²) in [5.74, 6) is 0. The Kier molecular flexibility index (Phi) is 5.64. The Morgan fingerprint density at radius 3 is 1.24 bits per heavy atom. The number of ether oxygens (including phenoxy) is 1. The summed E-state index contributed by atoms with van der Waals surface area (Å²) in [6, 6.07) is 8.56. The molecule has 3 heteroatoms. The van der Waals surface area contributed by atoms with Crippen LogP contribution in [0.3, 0.4) is 0 Å². The zero-order valence-electron chi connectivity index (χ0n) is 12.9. The molecule has 0 heterocycles. The van der Waals surface area contributed by atoms with E-state index in [0.717, 1.165) is 8.95 Å². The first-order chi connectivity index (χ1) is 9.88. The Balaban J connectivity index is 2.09. The van der Waals surface area contributed by atoms with Crippen molar-refractivity contribution in [1.29, 1.82) is 0 Å². The first kappa shape index (κ1) is 16.7. The fraction of sp³-hybridized carbons (Fsp3) is 0.333. The molecular formula is C18H20Br2O. The van der Waals surface area contributed by atoms with E-state index in [9.17, 15) is 0 Å². The lowest BCUT2D eigenvalue weighted by atomic mass is 10.0. The summed E-state index contributed by atoms with van der Waals surface area (Å²) in [4.78, 5) is 0. The molecule has 0 N–H and O–H groups in total. The van der Waals surface area contributed by atoms with Gasteiger partial charge in [0.1, 0.15) is 0 Å². The maximum atomic E-state index is 5.98. The number of hydrogen-bond donors (Lipinski definition) is 0. The van der Waals surface area contributed by atoms with Crippen LogP contribution < -0.4 is 0 Å². The fourth-order valence-electron chi connectivity index (χ4n) is 2.59. The summed E-state index contributed by atoms with van der Waals surface area (Å²) in [7, 11) is 0. The second kappa shape index (κ2) is 7.08. The zero-order chi connectivity index (χ0) is 15.6. The predicted molar refractivity (Wildman–Crippen MR) is 95.7 cm³/mol. The molecule has 0 aromatic heterocycles. The van der Waals surface area contributed by atoms with Crippen LogP contribution in [0, 0.1) is 27.7 Å². The molecule has 0 aliphatic carbocycles. The van der Waals surface area contributed by atoms with Gasteiger partial charge in [0.2, 0.25) is 0 Å². The molecule has 2 rings (SSSR count). The molecule has 2 aromatic carbocycles. The van der Waals surface area contributed by atoms with Crippen LogP contribution in [0.15, 0.2) is 33.2 Å². The average Bonchev–Trinajstić information content (AvgIpc) is 2.34. The van der Waals surface area contributed by atoms with Crippen LogP contribution in [0.4, 0.5) is 0 Å². The van der Waals surface area contributed by atoms with E-state index < -0.39 is 0 Å². The number of halogens is 2. The Bertz CT molecular complexity index is 559. The molecule has 0 spiro atoms. The van der Waals surface area contributed by atoms with Gasteiger partial charge in [0.05, 0.1) is 13.2 Å². The van der Waals surface area contributed by atoms with Gasteiger partial charge in [-0.05, 0) is 85.3 Å². The highest BCUT2D eigenvalue weighted by molar-refractivity contribution is 9.10. The monoisotopic (exact) mass is 410 g/mol. The van der Waals surface area contributed by atoms with Crippen molar-refractivity contribution >= 4 is 31.9 Å². The van der Waals surface area contributed by atoms with Crippen molar-refractivity contribution in [1.82, 2.24) is 0 Å². The largest absolute Gasteiger partial charge is 0.372 e. The number of benzene rings is 2. The minimum absolute atomic E-state index is 0.653. The van der Waals surface area contributed by atoms with E-state index in [1.165, 1.54) is 33.4 Å². The van der Waals surface area contributed by atoms with Gasteiger partial charge in [-0.1, -0.05) is 31.9 Å². The lowest BCUT2D eigenvalue weighted by molar-refractivity contribution is 0.105. The van der Waals surface area contributed by atoms with E-state index in [1.807, 2.05) is 0 Å². The summed E-state index contributed by atoms with van der Waals surface area (Å²) >= 11 is 7.07. The molecule has 0 amide bonds. The van der Waals surface area contributed by atoms with Gasteiger partial charge in [-0.15, -0.1) is 0 Å². The standard InChI is InChI=1S/C18H20Br2O/c1-11-5-15(19)6-12(2)17(11)9-21-10-18-13(3)7-16(20)8-14(18)4/h5-8H,9-10H2,1-4H3. The molecule has 21 heavy (non-hydrogen) atoms. The molecule has 0 bridgehead atoms. The molecule has 0 radical (unpaired) electrons. The van der Waals surface area contributed by atoms with Crippen molar-refractivity contribution in [2.75, 3.05) is 0 Å². The third-order valence-electron chi connectivity index (χ3n) is 3.81. The summed E-state index contributed by atoms with van der Waals surface area (Å²) in [5.41, 5.74) is 7.64. The van der Waals surface area contributed by atoms with Gasteiger partial charge >= 0.3 is 0 Å². The SMILES string of the molecule is Cc1cc(Br)cc(C)c1COCc1c(C)cc(Br)cc1C. The second-order valence-electron chi connectivity index (χ2n) is 5.53. The van der Waals surface area contributed by atoms with Gasteiger partial charge < -0.3 is 4.74 Å². The third-order valence-corrected chi connectivity index (χ3v) is 4.73. The Morgan fingerprint density at radius 2 is 0.952 bits per heavy atom. The van der Waals surface area contributed by atoms with Crippen molar-refractivity contribution < 1.29 is 4.74 Å². The molecule has 0 saturated heterocycles. The van der Waals surface area contributed by atoms with Gasteiger partial charge in [0.15, 0.2) is 0 Å². The molecule has 0 fully saturated rings. The van der Waals surface area contributed by atoms with E-state index >= 15 is 0 Å². The number of aryl methyl sites for hydroxylation is 4. The number of hydrogen-bond acceptors (Lipinski definition) is 1. The average molecular weight is 412 g/mol. The van der Waals surface area contributed by atoms with E-state index in [0.29, 0.717) is 13.2 Å². The van der Waals surface area contributed by atoms with Crippen LogP contribution in [0.25, 0.3) is 0 Å². The Hall–Kier alpha value is -0.640. The second-order valence-corrected chi connectivity index (χ2v) is 7.36. The molecule has 1 nitrogen and oxygen atoms in total. The summed E-state index contributed by atoms with van der Waals surface area (Å²) in [6.45, 7) is 9.83. The van der Waals surface area contributed by atoms with Crippen molar-refractivity contribution in [3.8, 4) is 0 Å². The summed E-state index contributed by atoms with van der Waals surface area (Å²) in [5, 5.41) is 0. The van der Waals surface area contributed by atoms with Crippen molar-refractivity contribution in [3.05, 3.63) is 66.6 Å². The zero-order valence-corrected chi connectivity index (χ0v) is 16.1. The van der Waals surface area contributed by atoms with Crippen LogP contribution in [0.1, 0.15) is 33.4 Å². The predicted octanol–water partition coefficient (Wildman–Crippen LogP) is 6.16. The summed E-state index contributed by atoms with van der Waals surface area (Å²) in [6.07, 6.45) is 0. The normalized spacial score (nSPS) is 11.0. The molecule has 2 aromatic rings. The minimum atomic E-state index is 0.653. The molecule has 0 saturated carbocycles. The highest BCUT2D eigenvalue weighted by Crippen LogP contribution is 2.24. The van der Waals surface area contributed by atoms with E-state index in [-0.39, 0.29) is 0 Å². The smallest absolute Gasteiger partial charge is 0.0726 e. The highest BCUT2D eigenvalue weighted by Gasteiger charge is 2.07. The van der Waals surface area contributed by atoms with Gasteiger partial charge in [-0.2, -0.15) is 0 Å². The number of rotatable bonds is 4. The molecule has 0 atom stereocenters. The molecule has 0 aliphatic rings. The van der Waals surface area contributed by atoms with Crippen LogP contribution >= 0.6 is 31.9 Å². The lowest BCUT2D eigenvalue weighted by Crippen LogP contribution is -2.02. The molecule has 0 aliphatic heterocycles. The minimum Gasteiger partial charge on any atom is -0.372 e. The van der Waals surface area contributed by atoms with Crippen molar-refractivity contribution in [3.63, 3.8) is 0 Å². The molecule has 0 unspecified atom stereocenters. The van der Waals surface area contributed by atoms with Crippen LogP contribution in [-0.4, -0.2) is 0 Å². The first-order valence-electron chi connectivity index (χ1n) is 6.97. The highest BCUT2D eigenvalue weighted by atomic mass is 79.9. The molecular weight excluding hydrogens is 392 g/mol. The van der Waals surface area contributed by atoms with E-state index in [2.05, 4.69) is 83.8 Å². The Labute approximate surface area is 144 Å². The van der Waals surface area contributed by atoms with Crippen LogP contribution in [0.5, 0.6) is 0 Å². The van der Waals surface area contributed by atoms with Crippen LogP contribution in [-0.2, 0) is 18.0 Å². The maximum Gasteiger partial charge on any atom is 0.0726 e. The molecule has 112 valence electrons. The van der Waals surface area contributed by atoms with Crippen molar-refractivity contribution in [2.24, 2.45) is 0 Å². The van der Waals surface area contributed by atoms with E-state index in [1.54, 1.807) is 0 Å². The Morgan fingerprint density at radius 1 is 0.667 bits per heavy atom. The summed E-state index contributed by atoms with van der Waals surface area (Å²) < 4.78 is 8.23. The third kappa shape index (κ3) is 4.18. The van der Waals surface area contributed by atoms with Gasteiger partial charge in [0, 0.05) is 8.95 Å². The first-order valence-corrected chi connectivity index (χ1v) is 8.56. The fourth-order valence-corrected chi connectivity index (χ4v) is 3.97. The van der Waals surface area contributed by atoms with E-state index in [4.69, 9.17) is 4.74 Å². The van der Waals surface area contributed by atoms with Crippen LogP contribution in [0.2, 0.25) is 0 Å². The van der Waals surface area contributed by atoms with Gasteiger partial charge in [-0.3, -0.25) is 0 Å².